The van der Waals surface area contributed by atoms with Gasteiger partial charge in [-0.05, 0) is 0 Å². The van der Waals surface area contributed by atoms with Crippen LogP contribution in [-0.4, -0.2) is 34.8 Å². The summed E-state index contributed by atoms with van der Waals surface area (Å²) in [6, 6.07) is 1.15. The number of nitrogens with two attached hydrogens (primary N) is 2. The molecule has 8 nitrogen and oxygen atoms in total. The molecule has 94 valence electrons. The van der Waals surface area contributed by atoms with Crippen LogP contribution in [-0.2, 0) is 9.53 Å². The molecule has 1 unspecified atom stereocenters. The van der Waals surface area contributed by atoms with Crippen LogP contribution in [0.25, 0.3) is 0 Å². The maximum Gasteiger partial charge on any atom is 0.253 e. The standard InChI is InChI=1S/C8H13N5O3S/c1-16-3-4(7(15)13-10)17-8-11-5(9)2-6(14)12-8/h2,4H,3,10H2,1H3,(H,13,15)(H3,9,11,12,14). The number of H-pyrrole nitrogens is 1. The number of hydrogen-bond acceptors (Lipinski definition) is 7. The highest BCUT2D eigenvalue weighted by molar-refractivity contribution is 8.00. The maximum atomic E-state index is 11.4. The molecule has 0 saturated carbocycles. The normalized spacial score (nSPS) is 12.1. The van der Waals surface area contributed by atoms with Crippen LogP contribution in [0.5, 0.6) is 0 Å². The van der Waals surface area contributed by atoms with Crippen molar-refractivity contribution >= 4 is 23.5 Å². The molecule has 0 fully saturated rings. The number of methoxy groups -OCH3 is 1. The molecule has 9 heteroatoms. The minimum Gasteiger partial charge on any atom is -0.383 e. The van der Waals surface area contributed by atoms with Gasteiger partial charge in [0.2, 0.25) is 5.91 Å². The highest BCUT2D eigenvalue weighted by atomic mass is 32.2. The zero-order chi connectivity index (χ0) is 12.8. The van der Waals surface area contributed by atoms with E-state index in [2.05, 4.69) is 9.97 Å². The third-order valence-corrected chi connectivity index (χ3v) is 2.80. The molecule has 0 radical (unpaired) electrons. The van der Waals surface area contributed by atoms with Gasteiger partial charge in [-0.15, -0.1) is 0 Å². The lowest BCUT2D eigenvalue weighted by atomic mass is 10.4. The van der Waals surface area contributed by atoms with Crippen LogP contribution in [0.3, 0.4) is 0 Å². The third-order valence-electron chi connectivity index (χ3n) is 1.75. The lowest BCUT2D eigenvalue weighted by molar-refractivity contribution is -0.121. The van der Waals surface area contributed by atoms with Crippen LogP contribution in [0.1, 0.15) is 0 Å². The van der Waals surface area contributed by atoms with Gasteiger partial charge in [-0.3, -0.25) is 15.0 Å². The number of nitrogens with one attached hydrogen (secondary N) is 2. The first-order chi connectivity index (χ1) is 8.06. The minimum absolute atomic E-state index is 0.0839. The largest absolute Gasteiger partial charge is 0.383 e. The number of rotatable bonds is 5. The molecule has 1 atom stereocenters. The molecule has 0 aromatic carbocycles. The summed E-state index contributed by atoms with van der Waals surface area (Å²) in [5.41, 5.74) is 7.04. The van der Waals surface area contributed by atoms with Gasteiger partial charge in [-0.25, -0.2) is 10.8 Å². The number of amides is 1. The summed E-state index contributed by atoms with van der Waals surface area (Å²) in [6.45, 7) is 0.131. The zero-order valence-corrected chi connectivity index (χ0v) is 9.91. The van der Waals surface area contributed by atoms with E-state index in [0.717, 1.165) is 17.8 Å². The molecule has 0 spiro atoms. The summed E-state index contributed by atoms with van der Waals surface area (Å²) in [5.74, 6) is 4.69. The Morgan fingerprint density at radius 2 is 2.47 bits per heavy atom. The number of aromatic amines is 1. The van der Waals surface area contributed by atoms with Crippen molar-refractivity contribution < 1.29 is 9.53 Å². The Kier molecular flexibility index (Phi) is 4.94. The second kappa shape index (κ2) is 6.23. The second-order valence-corrected chi connectivity index (χ2v) is 4.24. The number of nitrogen functional groups attached to an aromatic ring is 1. The van der Waals surface area contributed by atoms with Crippen molar-refractivity contribution in [3.05, 3.63) is 16.4 Å². The number of carbonyl (C=O) groups is 1. The number of hydrogen-bond donors (Lipinski definition) is 4. The summed E-state index contributed by atoms with van der Waals surface area (Å²) >= 11 is 1.01. The second-order valence-electron chi connectivity index (χ2n) is 3.05. The van der Waals surface area contributed by atoms with E-state index in [9.17, 15) is 9.59 Å². The van der Waals surface area contributed by atoms with Gasteiger partial charge in [0.25, 0.3) is 5.56 Å². The molecule has 0 aliphatic rings. The third kappa shape index (κ3) is 4.06. The van der Waals surface area contributed by atoms with E-state index in [0.29, 0.717) is 0 Å². The Balaban J connectivity index is 2.85. The fourth-order valence-corrected chi connectivity index (χ4v) is 2.02. The molecule has 6 N–H and O–H groups in total. The van der Waals surface area contributed by atoms with Crippen LogP contribution in [0.15, 0.2) is 16.0 Å². The fourth-order valence-electron chi connectivity index (χ4n) is 1.05. The molecule has 1 aromatic rings. The summed E-state index contributed by atoms with van der Waals surface area (Å²) in [5, 5.41) is -0.379. The van der Waals surface area contributed by atoms with Crippen LogP contribution in [0.2, 0.25) is 0 Å². The Labute approximate surface area is 101 Å². The summed E-state index contributed by atoms with van der Waals surface area (Å²) in [7, 11) is 1.45. The molecule has 0 aliphatic carbocycles. The van der Waals surface area contributed by atoms with E-state index in [1.807, 2.05) is 5.43 Å². The first-order valence-corrected chi connectivity index (χ1v) is 5.47. The number of hydrazine groups is 1. The Hall–Kier alpha value is -1.58. The number of anilines is 1. The zero-order valence-electron chi connectivity index (χ0n) is 9.10. The van der Waals surface area contributed by atoms with Gasteiger partial charge in [0.05, 0.1) is 6.61 Å². The van der Waals surface area contributed by atoms with Crippen molar-refractivity contribution in [2.75, 3.05) is 19.5 Å². The van der Waals surface area contributed by atoms with E-state index in [1.165, 1.54) is 7.11 Å². The number of thioether (sulfide) groups is 1. The number of aromatic nitrogens is 2. The molecular weight excluding hydrogens is 246 g/mol. The van der Waals surface area contributed by atoms with Crippen molar-refractivity contribution in [1.29, 1.82) is 0 Å². The summed E-state index contributed by atoms with van der Waals surface area (Å²) < 4.78 is 4.87. The molecule has 1 amide bonds. The highest BCUT2D eigenvalue weighted by Gasteiger charge is 2.20. The topological polar surface area (TPSA) is 136 Å². The van der Waals surface area contributed by atoms with Gasteiger partial charge >= 0.3 is 0 Å². The van der Waals surface area contributed by atoms with Crippen molar-refractivity contribution in [3.63, 3.8) is 0 Å². The minimum atomic E-state index is -0.616. The molecule has 0 aliphatic heterocycles. The molecule has 1 heterocycles. The maximum absolute atomic E-state index is 11.4. The number of carbonyl (C=O) groups excluding carboxylic acids is 1. The Morgan fingerprint density at radius 3 is 3.00 bits per heavy atom. The molecule has 1 aromatic heterocycles. The van der Waals surface area contributed by atoms with E-state index in [1.54, 1.807) is 0 Å². The Morgan fingerprint density at radius 1 is 1.76 bits per heavy atom. The van der Waals surface area contributed by atoms with Crippen molar-refractivity contribution in [3.8, 4) is 0 Å². The molecule has 17 heavy (non-hydrogen) atoms. The number of ether oxygens (including phenoxy) is 1. The van der Waals surface area contributed by atoms with E-state index >= 15 is 0 Å². The van der Waals surface area contributed by atoms with Gasteiger partial charge in [0, 0.05) is 13.2 Å². The highest BCUT2D eigenvalue weighted by Crippen LogP contribution is 2.19. The SMILES string of the molecule is COCC(Sc1nc(N)cc(=O)[nH]1)C(=O)NN. The molecule has 1 rings (SSSR count). The van der Waals surface area contributed by atoms with Gasteiger partial charge in [-0.2, -0.15) is 0 Å². The van der Waals surface area contributed by atoms with Gasteiger partial charge in [0.1, 0.15) is 11.1 Å². The van der Waals surface area contributed by atoms with E-state index in [-0.39, 0.29) is 23.1 Å². The Bertz CT molecular complexity index is 449. The summed E-state index contributed by atoms with van der Waals surface area (Å²) in [4.78, 5) is 28.9. The van der Waals surface area contributed by atoms with E-state index < -0.39 is 11.2 Å². The monoisotopic (exact) mass is 259 g/mol. The van der Waals surface area contributed by atoms with Crippen LogP contribution < -0.4 is 22.6 Å². The van der Waals surface area contributed by atoms with Crippen LogP contribution in [0, 0.1) is 0 Å². The van der Waals surface area contributed by atoms with E-state index in [4.69, 9.17) is 16.3 Å². The quantitative estimate of drug-likeness (QED) is 0.165. The lowest BCUT2D eigenvalue weighted by Crippen LogP contribution is -2.39. The average molecular weight is 259 g/mol. The molecular formula is C8H13N5O3S. The lowest BCUT2D eigenvalue weighted by Gasteiger charge is -2.12. The molecule has 0 bridgehead atoms. The van der Waals surface area contributed by atoms with Crippen LogP contribution in [0.4, 0.5) is 5.82 Å². The predicted octanol–water partition coefficient (Wildman–Crippen LogP) is -1.55. The summed E-state index contributed by atoms with van der Waals surface area (Å²) in [6.07, 6.45) is 0. The fraction of sp³-hybridized carbons (Fsp3) is 0.375. The first-order valence-electron chi connectivity index (χ1n) is 4.59. The van der Waals surface area contributed by atoms with Crippen molar-refractivity contribution in [2.45, 2.75) is 10.4 Å². The smallest absolute Gasteiger partial charge is 0.253 e. The average Bonchev–Trinajstić information content (AvgIpc) is 2.26. The van der Waals surface area contributed by atoms with Gasteiger partial charge in [-0.1, -0.05) is 11.8 Å². The first kappa shape index (κ1) is 13.5. The van der Waals surface area contributed by atoms with Gasteiger partial charge < -0.3 is 15.5 Å². The van der Waals surface area contributed by atoms with Crippen LogP contribution >= 0.6 is 11.8 Å². The molecule has 0 saturated heterocycles. The van der Waals surface area contributed by atoms with Gasteiger partial charge in [0.15, 0.2) is 5.16 Å². The number of nitrogens with zero attached hydrogens (tertiary/aromatic N) is 1. The van der Waals surface area contributed by atoms with Crippen molar-refractivity contribution in [2.24, 2.45) is 5.84 Å². The van der Waals surface area contributed by atoms with Crippen molar-refractivity contribution in [1.82, 2.24) is 15.4 Å². The predicted molar refractivity (Wildman–Crippen MR) is 63.1 cm³/mol.